The van der Waals surface area contributed by atoms with Crippen LogP contribution in [0.1, 0.15) is 30.9 Å². The van der Waals surface area contributed by atoms with E-state index >= 15 is 0 Å². The lowest BCUT2D eigenvalue weighted by Gasteiger charge is -2.43. The molecule has 0 aromatic heterocycles. The molecule has 0 amide bonds. The van der Waals surface area contributed by atoms with Crippen LogP contribution in [0.4, 0.5) is 5.69 Å². The number of benzene rings is 1. The van der Waals surface area contributed by atoms with Crippen LogP contribution in [0.2, 0.25) is 0 Å². The zero-order valence-corrected chi connectivity index (χ0v) is 16.3. The van der Waals surface area contributed by atoms with Gasteiger partial charge in [0, 0.05) is 49.9 Å². The number of nitro benzene ring substituents is 1. The molecule has 1 saturated carbocycles. The molecule has 1 aromatic carbocycles. The second kappa shape index (κ2) is 9.20. The highest BCUT2D eigenvalue weighted by atomic mass is 79.9. The molecule has 9 heteroatoms. The Hall–Kier alpha value is -0.600. The van der Waals surface area contributed by atoms with E-state index in [-0.39, 0.29) is 42.3 Å². The Balaban J connectivity index is 0.00000144. The lowest BCUT2D eigenvalue weighted by Crippen LogP contribution is -2.47. The van der Waals surface area contributed by atoms with Gasteiger partial charge in [-0.05, 0) is 34.7 Å². The Morgan fingerprint density at radius 3 is 2.42 bits per heavy atom. The summed E-state index contributed by atoms with van der Waals surface area (Å²) in [6.07, 6.45) is 3.44. The molecule has 0 unspecified atom stereocenters. The topological polar surface area (TPSA) is 78.6 Å². The highest BCUT2D eigenvalue weighted by Crippen LogP contribution is 2.46. The van der Waals surface area contributed by atoms with Crippen molar-refractivity contribution >= 4 is 46.4 Å². The molecule has 0 radical (unpaired) electrons. The molecule has 136 valence electrons. The number of phenolic OH excluding ortho intramolecular Hbond substituents is 1. The molecule has 1 saturated heterocycles. The molecule has 2 fully saturated rings. The lowest BCUT2D eigenvalue weighted by molar-refractivity contribution is -0.385. The summed E-state index contributed by atoms with van der Waals surface area (Å²) in [7, 11) is 0. The van der Waals surface area contributed by atoms with Gasteiger partial charge in [-0.25, -0.2) is 0 Å². The number of non-ortho nitro benzene ring substituents is 1. The SMILES string of the molecule is Cl.Cl.O=[N+]([O-])c1cc(Br)c(O)c([C@H](C2CCC2)N2CCNCC2)c1. The van der Waals surface area contributed by atoms with E-state index in [1.807, 2.05) is 0 Å². The van der Waals surface area contributed by atoms with Gasteiger partial charge in [0.25, 0.3) is 5.69 Å². The highest BCUT2D eigenvalue weighted by molar-refractivity contribution is 9.10. The summed E-state index contributed by atoms with van der Waals surface area (Å²) in [6.45, 7) is 3.64. The summed E-state index contributed by atoms with van der Waals surface area (Å²) in [5.41, 5.74) is 0.715. The number of rotatable bonds is 4. The lowest BCUT2D eigenvalue weighted by atomic mass is 9.76. The van der Waals surface area contributed by atoms with E-state index in [4.69, 9.17) is 0 Å². The van der Waals surface area contributed by atoms with Crippen LogP contribution in [-0.2, 0) is 0 Å². The molecular formula is C15H22BrCl2N3O3. The van der Waals surface area contributed by atoms with Gasteiger partial charge in [0.05, 0.1) is 9.40 Å². The van der Waals surface area contributed by atoms with Crippen molar-refractivity contribution in [1.29, 1.82) is 0 Å². The van der Waals surface area contributed by atoms with Gasteiger partial charge in [0.2, 0.25) is 0 Å². The van der Waals surface area contributed by atoms with Gasteiger partial charge in [0.15, 0.2) is 0 Å². The number of nitrogens with one attached hydrogen (secondary N) is 1. The van der Waals surface area contributed by atoms with Crippen LogP contribution in [0.3, 0.4) is 0 Å². The summed E-state index contributed by atoms with van der Waals surface area (Å²) < 4.78 is 0.399. The quantitative estimate of drug-likeness (QED) is 0.549. The third-order valence-electron chi connectivity index (χ3n) is 4.75. The first-order chi connectivity index (χ1) is 10.6. The van der Waals surface area contributed by atoms with Gasteiger partial charge in [-0.2, -0.15) is 0 Å². The fraction of sp³-hybridized carbons (Fsp3) is 0.600. The van der Waals surface area contributed by atoms with Crippen molar-refractivity contribution in [3.8, 4) is 5.75 Å². The van der Waals surface area contributed by atoms with Crippen LogP contribution in [-0.4, -0.2) is 41.1 Å². The molecule has 0 spiro atoms. The standard InChI is InChI=1S/C15H20BrN3O3.2ClH/c16-13-9-11(19(21)22)8-12(15(13)20)14(10-2-1-3-10)18-6-4-17-5-7-18;;/h8-10,14,17,20H,1-7H2;2*1H/t14-;;/m0../s1. The molecule has 1 aliphatic carbocycles. The summed E-state index contributed by atoms with van der Waals surface area (Å²) >= 11 is 3.26. The molecule has 1 atom stereocenters. The second-order valence-corrected chi connectivity index (χ2v) is 6.90. The molecule has 24 heavy (non-hydrogen) atoms. The van der Waals surface area contributed by atoms with E-state index in [9.17, 15) is 15.2 Å². The average Bonchev–Trinajstić information content (AvgIpc) is 2.46. The summed E-state index contributed by atoms with van der Waals surface area (Å²) in [6, 6.07) is 2.98. The van der Waals surface area contributed by atoms with Crippen molar-refractivity contribution in [3.63, 3.8) is 0 Å². The molecule has 3 rings (SSSR count). The monoisotopic (exact) mass is 441 g/mol. The smallest absolute Gasteiger partial charge is 0.271 e. The van der Waals surface area contributed by atoms with E-state index < -0.39 is 4.92 Å². The van der Waals surface area contributed by atoms with E-state index in [1.54, 1.807) is 6.07 Å². The van der Waals surface area contributed by atoms with E-state index in [0.29, 0.717) is 16.0 Å². The van der Waals surface area contributed by atoms with Crippen molar-refractivity contribution in [2.75, 3.05) is 26.2 Å². The number of nitrogens with zero attached hydrogens (tertiary/aromatic N) is 2. The summed E-state index contributed by atoms with van der Waals surface area (Å²) in [5.74, 6) is 0.610. The van der Waals surface area contributed by atoms with Gasteiger partial charge < -0.3 is 10.4 Å². The molecule has 1 aromatic rings. The van der Waals surface area contributed by atoms with Crippen LogP contribution in [0, 0.1) is 16.0 Å². The van der Waals surface area contributed by atoms with Gasteiger partial charge in [-0.1, -0.05) is 6.42 Å². The van der Waals surface area contributed by atoms with Crippen molar-refractivity contribution in [1.82, 2.24) is 10.2 Å². The largest absolute Gasteiger partial charge is 0.506 e. The second-order valence-electron chi connectivity index (χ2n) is 6.04. The molecular weight excluding hydrogens is 421 g/mol. The minimum atomic E-state index is -0.400. The molecule has 1 aliphatic heterocycles. The van der Waals surface area contributed by atoms with Gasteiger partial charge in [-0.15, -0.1) is 24.8 Å². The van der Waals surface area contributed by atoms with Crippen LogP contribution < -0.4 is 5.32 Å². The number of nitro groups is 1. The maximum atomic E-state index is 11.1. The van der Waals surface area contributed by atoms with E-state index in [0.717, 1.165) is 39.0 Å². The zero-order chi connectivity index (χ0) is 15.7. The van der Waals surface area contributed by atoms with Crippen molar-refractivity contribution in [3.05, 3.63) is 32.3 Å². The summed E-state index contributed by atoms with van der Waals surface area (Å²) in [4.78, 5) is 13.1. The van der Waals surface area contributed by atoms with Gasteiger partial charge in [0.1, 0.15) is 5.75 Å². The molecule has 0 bridgehead atoms. The average molecular weight is 443 g/mol. The molecule has 2 aliphatic rings. The van der Waals surface area contributed by atoms with Gasteiger partial charge >= 0.3 is 0 Å². The Kier molecular flexibility index (Phi) is 8.22. The molecule has 6 nitrogen and oxygen atoms in total. The summed E-state index contributed by atoms with van der Waals surface area (Å²) in [5, 5.41) is 24.9. The first kappa shape index (κ1) is 21.4. The maximum Gasteiger partial charge on any atom is 0.271 e. The molecule has 2 N–H and O–H groups in total. The zero-order valence-electron chi connectivity index (χ0n) is 13.1. The first-order valence-electron chi connectivity index (χ1n) is 7.69. The third-order valence-corrected chi connectivity index (χ3v) is 5.35. The Morgan fingerprint density at radius 1 is 1.29 bits per heavy atom. The normalized spacial score (nSPS) is 19.5. The number of piperazine rings is 1. The molecule has 1 heterocycles. The van der Waals surface area contributed by atoms with Crippen molar-refractivity contribution in [2.45, 2.75) is 25.3 Å². The van der Waals surface area contributed by atoms with Crippen LogP contribution in [0.15, 0.2) is 16.6 Å². The number of halogens is 3. The number of hydrogen-bond acceptors (Lipinski definition) is 5. The van der Waals surface area contributed by atoms with Crippen LogP contribution in [0.5, 0.6) is 5.75 Å². The number of aromatic hydroxyl groups is 1. The predicted octanol–water partition coefficient (Wildman–Crippen LogP) is 3.65. The fourth-order valence-electron chi connectivity index (χ4n) is 3.40. The van der Waals surface area contributed by atoms with Crippen LogP contribution in [0.25, 0.3) is 0 Å². The minimum absolute atomic E-state index is 0. The van der Waals surface area contributed by atoms with Crippen LogP contribution >= 0.6 is 40.7 Å². The van der Waals surface area contributed by atoms with E-state index in [2.05, 4.69) is 26.1 Å². The Morgan fingerprint density at radius 2 is 1.92 bits per heavy atom. The van der Waals surface area contributed by atoms with Crippen molar-refractivity contribution < 1.29 is 10.0 Å². The highest BCUT2D eigenvalue weighted by Gasteiger charge is 2.36. The van der Waals surface area contributed by atoms with E-state index in [1.165, 1.54) is 12.5 Å². The fourth-order valence-corrected chi connectivity index (χ4v) is 3.86. The first-order valence-corrected chi connectivity index (χ1v) is 8.49. The number of hydrogen-bond donors (Lipinski definition) is 2. The maximum absolute atomic E-state index is 11.1. The third kappa shape index (κ3) is 4.32. The minimum Gasteiger partial charge on any atom is -0.506 e. The predicted molar refractivity (Wildman–Crippen MR) is 101 cm³/mol. The Bertz CT molecular complexity index is 581. The van der Waals surface area contributed by atoms with Gasteiger partial charge in [-0.3, -0.25) is 15.0 Å². The number of phenols is 1. The Labute approximate surface area is 162 Å². The van der Waals surface area contributed by atoms with Crippen molar-refractivity contribution in [2.24, 2.45) is 5.92 Å².